The quantitative estimate of drug-likeness (QED) is 0.871. The zero-order chi connectivity index (χ0) is 13.0. The summed E-state index contributed by atoms with van der Waals surface area (Å²) in [6.45, 7) is 3.05. The van der Waals surface area contributed by atoms with Crippen molar-refractivity contribution in [2.75, 3.05) is 6.54 Å². The first kappa shape index (κ1) is 13.2. The second-order valence-corrected chi connectivity index (χ2v) is 5.29. The summed E-state index contributed by atoms with van der Waals surface area (Å²) in [6, 6.07) is 9.32. The summed E-state index contributed by atoms with van der Waals surface area (Å²) >= 11 is 1.71. The van der Waals surface area contributed by atoms with E-state index in [1.807, 2.05) is 12.1 Å². The van der Waals surface area contributed by atoms with Gasteiger partial charge in [-0.2, -0.15) is 0 Å². The van der Waals surface area contributed by atoms with Gasteiger partial charge in [0.1, 0.15) is 5.82 Å². The van der Waals surface area contributed by atoms with E-state index in [0.717, 1.165) is 12.1 Å². The zero-order valence-electron chi connectivity index (χ0n) is 10.3. The number of hydrogen-bond acceptors (Lipinski definition) is 3. The van der Waals surface area contributed by atoms with Crippen molar-refractivity contribution in [3.8, 4) is 0 Å². The van der Waals surface area contributed by atoms with Gasteiger partial charge in [0.05, 0.1) is 0 Å². The second-order valence-electron chi connectivity index (χ2n) is 4.26. The van der Waals surface area contributed by atoms with Crippen molar-refractivity contribution in [2.24, 2.45) is 5.73 Å². The van der Waals surface area contributed by atoms with Gasteiger partial charge in [-0.15, -0.1) is 11.3 Å². The fourth-order valence-corrected chi connectivity index (χ4v) is 2.51. The van der Waals surface area contributed by atoms with Gasteiger partial charge in [0.15, 0.2) is 0 Å². The van der Waals surface area contributed by atoms with Crippen LogP contribution in [0, 0.1) is 12.7 Å². The number of rotatable bonds is 5. The van der Waals surface area contributed by atoms with Crippen molar-refractivity contribution >= 4 is 11.3 Å². The van der Waals surface area contributed by atoms with Crippen LogP contribution in [0.5, 0.6) is 0 Å². The van der Waals surface area contributed by atoms with Crippen molar-refractivity contribution in [3.63, 3.8) is 0 Å². The standard InChI is InChI=1S/C14H17FN2S/c1-10-7-11(4-5-13(10)15)14(8-16)17-9-12-3-2-6-18-12/h2-7,14,17H,8-9,16H2,1H3. The maximum absolute atomic E-state index is 13.2. The minimum atomic E-state index is -0.173. The Balaban J connectivity index is 2.05. The third-order valence-electron chi connectivity index (χ3n) is 2.92. The van der Waals surface area contributed by atoms with Crippen LogP contribution in [0.25, 0.3) is 0 Å². The fourth-order valence-electron chi connectivity index (χ4n) is 1.86. The van der Waals surface area contributed by atoms with Crippen LogP contribution in [0.15, 0.2) is 35.7 Å². The lowest BCUT2D eigenvalue weighted by molar-refractivity contribution is 0.542. The molecule has 4 heteroatoms. The SMILES string of the molecule is Cc1cc(C(CN)NCc2cccs2)ccc1F. The highest BCUT2D eigenvalue weighted by molar-refractivity contribution is 7.09. The van der Waals surface area contributed by atoms with Crippen LogP contribution in [-0.4, -0.2) is 6.54 Å². The lowest BCUT2D eigenvalue weighted by Crippen LogP contribution is -2.27. The molecule has 0 saturated carbocycles. The molecule has 1 aromatic carbocycles. The Morgan fingerprint density at radius 1 is 1.39 bits per heavy atom. The van der Waals surface area contributed by atoms with Crippen LogP contribution >= 0.6 is 11.3 Å². The van der Waals surface area contributed by atoms with Gasteiger partial charge < -0.3 is 11.1 Å². The lowest BCUT2D eigenvalue weighted by Gasteiger charge is -2.17. The highest BCUT2D eigenvalue weighted by Crippen LogP contribution is 2.17. The molecule has 1 heterocycles. The molecule has 0 aliphatic rings. The molecule has 0 saturated heterocycles. The highest BCUT2D eigenvalue weighted by Gasteiger charge is 2.10. The van der Waals surface area contributed by atoms with Gasteiger partial charge in [0.25, 0.3) is 0 Å². The Morgan fingerprint density at radius 2 is 2.22 bits per heavy atom. The lowest BCUT2D eigenvalue weighted by atomic mass is 10.0. The number of benzene rings is 1. The van der Waals surface area contributed by atoms with Gasteiger partial charge in [0, 0.05) is 24.0 Å². The van der Waals surface area contributed by atoms with Crippen LogP contribution in [0.1, 0.15) is 22.0 Å². The maximum Gasteiger partial charge on any atom is 0.126 e. The Kier molecular flexibility index (Phi) is 4.47. The normalized spacial score (nSPS) is 12.6. The summed E-state index contributed by atoms with van der Waals surface area (Å²) in [4.78, 5) is 1.27. The summed E-state index contributed by atoms with van der Waals surface area (Å²) in [5.74, 6) is -0.173. The fraction of sp³-hybridized carbons (Fsp3) is 0.286. The average Bonchev–Trinajstić information content (AvgIpc) is 2.87. The molecule has 2 aromatic rings. The molecule has 0 radical (unpaired) electrons. The van der Waals surface area contributed by atoms with Crippen LogP contribution < -0.4 is 11.1 Å². The number of halogens is 1. The first-order valence-corrected chi connectivity index (χ1v) is 6.80. The number of hydrogen-bond donors (Lipinski definition) is 2. The van der Waals surface area contributed by atoms with Crippen LogP contribution in [-0.2, 0) is 6.54 Å². The maximum atomic E-state index is 13.2. The molecule has 18 heavy (non-hydrogen) atoms. The minimum absolute atomic E-state index is 0.0615. The van der Waals surface area contributed by atoms with E-state index in [1.165, 1.54) is 10.9 Å². The molecule has 0 amide bonds. The molecule has 0 fully saturated rings. The van der Waals surface area contributed by atoms with Gasteiger partial charge in [-0.25, -0.2) is 4.39 Å². The van der Waals surface area contributed by atoms with Crippen LogP contribution in [0.3, 0.4) is 0 Å². The number of nitrogens with one attached hydrogen (secondary N) is 1. The third-order valence-corrected chi connectivity index (χ3v) is 3.80. The van der Waals surface area contributed by atoms with Crippen LogP contribution in [0.2, 0.25) is 0 Å². The van der Waals surface area contributed by atoms with Crippen molar-refractivity contribution in [1.29, 1.82) is 0 Å². The number of thiophene rings is 1. The summed E-state index contributed by atoms with van der Waals surface area (Å²) in [7, 11) is 0. The number of aryl methyl sites for hydroxylation is 1. The summed E-state index contributed by atoms with van der Waals surface area (Å²) in [5, 5.41) is 5.45. The Bertz CT molecular complexity index is 497. The Labute approximate surface area is 111 Å². The molecule has 1 atom stereocenters. The Hall–Kier alpha value is -1.23. The molecule has 0 aliphatic heterocycles. The molecular weight excluding hydrogens is 247 g/mol. The first-order valence-electron chi connectivity index (χ1n) is 5.92. The van der Waals surface area contributed by atoms with Crippen molar-refractivity contribution in [3.05, 3.63) is 57.5 Å². The van der Waals surface area contributed by atoms with E-state index in [1.54, 1.807) is 24.3 Å². The molecule has 0 spiro atoms. The topological polar surface area (TPSA) is 38.0 Å². The molecular formula is C14H17FN2S. The van der Waals surface area contributed by atoms with Crippen molar-refractivity contribution < 1.29 is 4.39 Å². The molecule has 2 rings (SSSR count). The van der Waals surface area contributed by atoms with Gasteiger partial charge in [-0.05, 0) is 35.6 Å². The van der Waals surface area contributed by atoms with Gasteiger partial charge in [0.2, 0.25) is 0 Å². The van der Waals surface area contributed by atoms with E-state index in [-0.39, 0.29) is 11.9 Å². The predicted molar refractivity (Wildman–Crippen MR) is 74.1 cm³/mol. The molecule has 1 unspecified atom stereocenters. The van der Waals surface area contributed by atoms with E-state index in [0.29, 0.717) is 12.1 Å². The molecule has 1 aromatic heterocycles. The van der Waals surface area contributed by atoms with Gasteiger partial charge in [-0.1, -0.05) is 18.2 Å². The van der Waals surface area contributed by atoms with Gasteiger partial charge in [-0.3, -0.25) is 0 Å². The average molecular weight is 264 g/mol. The molecule has 2 nitrogen and oxygen atoms in total. The molecule has 0 bridgehead atoms. The zero-order valence-corrected chi connectivity index (χ0v) is 11.1. The van der Waals surface area contributed by atoms with Gasteiger partial charge >= 0.3 is 0 Å². The van der Waals surface area contributed by atoms with E-state index in [2.05, 4.69) is 16.8 Å². The summed E-state index contributed by atoms with van der Waals surface area (Å²) < 4.78 is 13.2. The highest BCUT2D eigenvalue weighted by atomic mass is 32.1. The Morgan fingerprint density at radius 3 is 2.83 bits per heavy atom. The van der Waals surface area contributed by atoms with Crippen molar-refractivity contribution in [2.45, 2.75) is 19.5 Å². The van der Waals surface area contributed by atoms with E-state index < -0.39 is 0 Å². The van der Waals surface area contributed by atoms with E-state index in [9.17, 15) is 4.39 Å². The second kappa shape index (κ2) is 6.09. The third kappa shape index (κ3) is 3.16. The van der Waals surface area contributed by atoms with E-state index >= 15 is 0 Å². The molecule has 96 valence electrons. The predicted octanol–water partition coefficient (Wildman–Crippen LogP) is 2.99. The monoisotopic (exact) mass is 264 g/mol. The molecule has 3 N–H and O–H groups in total. The van der Waals surface area contributed by atoms with E-state index in [4.69, 9.17) is 5.73 Å². The summed E-state index contributed by atoms with van der Waals surface area (Å²) in [6.07, 6.45) is 0. The largest absolute Gasteiger partial charge is 0.329 e. The molecule has 0 aliphatic carbocycles. The van der Waals surface area contributed by atoms with Crippen LogP contribution in [0.4, 0.5) is 4.39 Å². The minimum Gasteiger partial charge on any atom is -0.329 e. The number of nitrogens with two attached hydrogens (primary N) is 1. The first-order chi connectivity index (χ1) is 8.70. The van der Waals surface area contributed by atoms with Crippen molar-refractivity contribution in [1.82, 2.24) is 5.32 Å². The smallest absolute Gasteiger partial charge is 0.126 e. The summed E-state index contributed by atoms with van der Waals surface area (Å²) in [5.41, 5.74) is 7.47.